The van der Waals surface area contributed by atoms with E-state index in [1.54, 1.807) is 0 Å². The van der Waals surface area contributed by atoms with Gasteiger partial charge in [-0.05, 0) is 24.6 Å². The Kier molecular flexibility index (Phi) is 4.09. The highest BCUT2D eigenvalue weighted by atomic mass is 32.2. The van der Waals surface area contributed by atoms with Gasteiger partial charge in [-0.15, -0.1) is 0 Å². The molecule has 1 rings (SSSR count). The van der Waals surface area contributed by atoms with Crippen molar-refractivity contribution in [3.8, 4) is 0 Å². The molecule has 102 valence electrons. The maximum Gasteiger partial charge on any atom is 0.260 e. The summed E-state index contributed by atoms with van der Waals surface area (Å²) in [4.78, 5) is 0.0429. The van der Waals surface area contributed by atoms with E-state index in [-0.39, 0.29) is 10.5 Å². The van der Waals surface area contributed by atoms with Crippen LogP contribution in [0.15, 0.2) is 29.2 Å². The van der Waals surface area contributed by atoms with Crippen molar-refractivity contribution in [2.24, 2.45) is 5.73 Å². The molecule has 0 heterocycles. The highest BCUT2D eigenvalue weighted by Gasteiger charge is 2.32. The number of hydrogen-bond donors (Lipinski definition) is 1. The molecule has 2 N–H and O–H groups in total. The first-order valence-electron chi connectivity index (χ1n) is 5.20. The summed E-state index contributed by atoms with van der Waals surface area (Å²) in [5.41, 5.74) is 3.89. The fraction of sp³-hybridized carbons (Fsp3) is 0.455. The Hall–Kier alpha value is -1.05. The standard InChI is InChI=1S/C11H16F2N2O2S/c1-11(14,10(12)13)8-4-6-9(7-5-8)18(16,17)15(2)3/h4-7,10H,14H2,1-3H3. The lowest BCUT2D eigenvalue weighted by molar-refractivity contribution is 0.0625. The third kappa shape index (κ3) is 2.68. The van der Waals surface area contributed by atoms with Crippen molar-refractivity contribution < 1.29 is 17.2 Å². The predicted octanol–water partition coefficient (Wildman–Crippen LogP) is 1.38. The number of hydrogen-bond acceptors (Lipinski definition) is 3. The first kappa shape index (κ1) is 15.0. The Morgan fingerprint density at radius 3 is 2.00 bits per heavy atom. The summed E-state index contributed by atoms with van der Waals surface area (Å²) in [6, 6.07) is 5.17. The molecule has 1 atom stereocenters. The van der Waals surface area contributed by atoms with Crippen LogP contribution in [0.25, 0.3) is 0 Å². The van der Waals surface area contributed by atoms with Crippen LogP contribution in [0.1, 0.15) is 12.5 Å². The minimum Gasteiger partial charge on any atom is -0.317 e. The summed E-state index contributed by atoms with van der Waals surface area (Å²) < 4.78 is 50.0. The second-order valence-corrected chi connectivity index (χ2v) is 6.55. The number of alkyl halides is 2. The largest absolute Gasteiger partial charge is 0.317 e. The first-order chi connectivity index (χ1) is 8.10. The minimum atomic E-state index is -3.55. The van der Waals surface area contributed by atoms with Crippen molar-refractivity contribution in [3.05, 3.63) is 29.8 Å². The zero-order valence-corrected chi connectivity index (χ0v) is 11.2. The molecule has 0 aliphatic heterocycles. The molecule has 0 spiro atoms. The average molecular weight is 278 g/mol. The Morgan fingerprint density at radius 2 is 1.67 bits per heavy atom. The molecule has 0 saturated carbocycles. The predicted molar refractivity (Wildman–Crippen MR) is 64.9 cm³/mol. The summed E-state index contributed by atoms with van der Waals surface area (Å²) in [7, 11) is -0.758. The zero-order chi connectivity index (χ0) is 14.1. The van der Waals surface area contributed by atoms with E-state index in [1.807, 2.05) is 0 Å². The van der Waals surface area contributed by atoms with Crippen molar-refractivity contribution in [2.45, 2.75) is 23.8 Å². The Labute approximate surface area is 105 Å². The van der Waals surface area contributed by atoms with E-state index in [1.165, 1.54) is 45.3 Å². The van der Waals surface area contributed by atoms with Gasteiger partial charge in [0.2, 0.25) is 10.0 Å². The molecular weight excluding hydrogens is 262 g/mol. The molecular formula is C11H16F2N2O2S. The van der Waals surface area contributed by atoms with Crippen LogP contribution in [0.5, 0.6) is 0 Å². The maximum atomic E-state index is 12.7. The normalized spacial score (nSPS) is 16.0. The zero-order valence-electron chi connectivity index (χ0n) is 10.4. The van der Waals surface area contributed by atoms with Gasteiger partial charge in [-0.1, -0.05) is 12.1 Å². The van der Waals surface area contributed by atoms with Crippen LogP contribution >= 0.6 is 0 Å². The van der Waals surface area contributed by atoms with Gasteiger partial charge >= 0.3 is 0 Å². The van der Waals surface area contributed by atoms with E-state index in [9.17, 15) is 17.2 Å². The fourth-order valence-corrected chi connectivity index (χ4v) is 2.22. The highest BCUT2D eigenvalue weighted by Crippen LogP contribution is 2.26. The molecule has 0 aliphatic carbocycles. The molecule has 4 nitrogen and oxygen atoms in total. The Bertz CT molecular complexity index is 510. The van der Waals surface area contributed by atoms with E-state index in [0.29, 0.717) is 0 Å². The van der Waals surface area contributed by atoms with Gasteiger partial charge in [0.25, 0.3) is 6.43 Å². The van der Waals surface area contributed by atoms with Gasteiger partial charge in [0.1, 0.15) is 0 Å². The molecule has 1 aromatic carbocycles. The van der Waals surface area contributed by atoms with Crippen LogP contribution in [-0.2, 0) is 15.6 Å². The molecule has 0 saturated heterocycles. The van der Waals surface area contributed by atoms with Crippen LogP contribution in [-0.4, -0.2) is 33.2 Å². The molecule has 0 bridgehead atoms. The van der Waals surface area contributed by atoms with Gasteiger partial charge in [-0.2, -0.15) is 0 Å². The number of halogens is 2. The van der Waals surface area contributed by atoms with Gasteiger partial charge in [0.05, 0.1) is 10.4 Å². The van der Waals surface area contributed by atoms with Crippen molar-refractivity contribution >= 4 is 10.0 Å². The second-order valence-electron chi connectivity index (χ2n) is 4.40. The summed E-state index contributed by atoms with van der Waals surface area (Å²) >= 11 is 0. The lowest BCUT2D eigenvalue weighted by Gasteiger charge is -2.24. The monoisotopic (exact) mass is 278 g/mol. The van der Waals surface area contributed by atoms with Crippen molar-refractivity contribution in [1.82, 2.24) is 4.31 Å². The van der Waals surface area contributed by atoms with Crippen molar-refractivity contribution in [1.29, 1.82) is 0 Å². The molecule has 1 aromatic rings. The van der Waals surface area contributed by atoms with Gasteiger partial charge in [-0.25, -0.2) is 21.5 Å². The molecule has 0 radical (unpaired) electrons. The molecule has 0 aromatic heterocycles. The quantitative estimate of drug-likeness (QED) is 0.905. The Morgan fingerprint density at radius 1 is 1.22 bits per heavy atom. The summed E-state index contributed by atoms with van der Waals surface area (Å²) in [6.07, 6.45) is -2.73. The number of benzene rings is 1. The summed E-state index contributed by atoms with van der Waals surface area (Å²) in [6.45, 7) is 1.20. The van der Waals surface area contributed by atoms with Crippen LogP contribution in [0.3, 0.4) is 0 Å². The van der Waals surface area contributed by atoms with E-state index < -0.39 is 22.0 Å². The van der Waals surface area contributed by atoms with Crippen LogP contribution in [0, 0.1) is 0 Å². The lowest BCUT2D eigenvalue weighted by atomic mass is 9.94. The number of rotatable bonds is 4. The maximum absolute atomic E-state index is 12.7. The smallest absolute Gasteiger partial charge is 0.260 e. The molecule has 0 aliphatic rings. The van der Waals surface area contributed by atoms with E-state index in [4.69, 9.17) is 5.73 Å². The highest BCUT2D eigenvalue weighted by molar-refractivity contribution is 7.89. The third-order valence-electron chi connectivity index (χ3n) is 2.71. The van der Waals surface area contributed by atoms with Gasteiger partial charge in [-0.3, -0.25) is 0 Å². The topological polar surface area (TPSA) is 63.4 Å². The van der Waals surface area contributed by atoms with E-state index >= 15 is 0 Å². The Balaban J connectivity index is 3.16. The SMILES string of the molecule is CN(C)S(=O)(=O)c1ccc(C(C)(N)C(F)F)cc1. The average Bonchev–Trinajstić information content (AvgIpc) is 2.28. The summed E-state index contributed by atoms with van der Waals surface area (Å²) in [5.74, 6) is 0. The molecule has 7 heteroatoms. The van der Waals surface area contributed by atoms with Gasteiger partial charge in [0.15, 0.2) is 0 Å². The van der Waals surface area contributed by atoms with Crippen molar-refractivity contribution in [2.75, 3.05) is 14.1 Å². The molecule has 1 unspecified atom stereocenters. The van der Waals surface area contributed by atoms with E-state index in [2.05, 4.69) is 0 Å². The lowest BCUT2D eigenvalue weighted by Crippen LogP contribution is -2.40. The van der Waals surface area contributed by atoms with Crippen LogP contribution in [0.4, 0.5) is 8.78 Å². The fourth-order valence-electron chi connectivity index (χ4n) is 1.32. The molecule has 18 heavy (non-hydrogen) atoms. The minimum absolute atomic E-state index is 0.0429. The van der Waals surface area contributed by atoms with Gasteiger partial charge in [0, 0.05) is 14.1 Å². The molecule has 0 amide bonds. The number of sulfonamides is 1. The van der Waals surface area contributed by atoms with Gasteiger partial charge < -0.3 is 5.73 Å². The number of nitrogens with zero attached hydrogens (tertiary/aromatic N) is 1. The second kappa shape index (κ2) is 4.91. The van der Waals surface area contributed by atoms with Crippen LogP contribution < -0.4 is 5.73 Å². The van der Waals surface area contributed by atoms with Crippen molar-refractivity contribution in [3.63, 3.8) is 0 Å². The summed E-state index contributed by atoms with van der Waals surface area (Å²) in [5, 5.41) is 0. The first-order valence-corrected chi connectivity index (χ1v) is 6.64. The van der Waals surface area contributed by atoms with Crippen LogP contribution in [0.2, 0.25) is 0 Å². The van der Waals surface area contributed by atoms with E-state index in [0.717, 1.165) is 4.31 Å². The number of nitrogens with two attached hydrogens (primary N) is 1. The third-order valence-corrected chi connectivity index (χ3v) is 4.54. The molecule has 0 fully saturated rings.